The number of carbonyl (C=O) groups excluding carboxylic acids is 2. The zero-order valence-corrected chi connectivity index (χ0v) is 16.4. The maximum atomic E-state index is 12.4. The Bertz CT molecular complexity index is 1010. The van der Waals surface area contributed by atoms with Crippen molar-refractivity contribution in [2.75, 3.05) is 0 Å². The van der Waals surface area contributed by atoms with Gasteiger partial charge in [-0.25, -0.2) is 4.79 Å². The molecule has 0 bridgehead atoms. The van der Waals surface area contributed by atoms with Crippen molar-refractivity contribution < 1.29 is 14.3 Å². The van der Waals surface area contributed by atoms with E-state index in [1.807, 2.05) is 0 Å². The van der Waals surface area contributed by atoms with Crippen LogP contribution in [0.3, 0.4) is 0 Å². The number of para-hydroxylation sites is 1. The number of esters is 1. The van der Waals surface area contributed by atoms with Gasteiger partial charge in [-0.15, -0.1) is 0 Å². The number of carbonyl (C=O) groups is 2. The lowest BCUT2D eigenvalue weighted by atomic mass is 10.1. The Morgan fingerprint density at radius 1 is 0.889 bits per heavy atom. The maximum absolute atomic E-state index is 12.4. The fraction of sp³-hybridized carbons (Fsp3) is 0. The Kier molecular flexibility index (Phi) is 6.22. The average Bonchev–Trinajstić information content (AvgIpc) is 2.68. The summed E-state index contributed by atoms with van der Waals surface area (Å²) in [5.74, 6) is -0.349. The Morgan fingerprint density at radius 2 is 1.56 bits per heavy atom. The molecule has 3 rings (SSSR count). The van der Waals surface area contributed by atoms with Crippen LogP contribution in [0.25, 0.3) is 6.08 Å². The van der Waals surface area contributed by atoms with Gasteiger partial charge < -0.3 is 4.74 Å². The summed E-state index contributed by atoms with van der Waals surface area (Å²) in [4.78, 5) is 24.7. The molecule has 3 nitrogen and oxygen atoms in total. The number of allylic oxidation sites excluding steroid dienone is 1. The van der Waals surface area contributed by atoms with Crippen molar-refractivity contribution in [3.8, 4) is 5.75 Å². The van der Waals surface area contributed by atoms with Crippen molar-refractivity contribution in [3.63, 3.8) is 0 Å². The molecule has 0 unspecified atom stereocenters. The molecule has 3 aromatic rings. The van der Waals surface area contributed by atoms with Gasteiger partial charge in [0.05, 0.1) is 10.6 Å². The van der Waals surface area contributed by atoms with E-state index in [1.165, 1.54) is 6.08 Å². The lowest BCUT2D eigenvalue weighted by Gasteiger charge is -2.08. The predicted molar refractivity (Wildman–Crippen MR) is 110 cm³/mol. The number of ether oxygens (including phenoxy) is 1. The van der Waals surface area contributed by atoms with Crippen LogP contribution in [0.1, 0.15) is 26.3 Å². The molecular formula is C22H14BrClO3. The molecule has 0 radical (unpaired) electrons. The first-order valence-electron chi connectivity index (χ1n) is 8.08. The summed E-state index contributed by atoms with van der Waals surface area (Å²) in [7, 11) is 0. The Balaban J connectivity index is 1.80. The van der Waals surface area contributed by atoms with Crippen LogP contribution in [0, 0.1) is 0 Å². The number of hydrogen-bond donors (Lipinski definition) is 0. The minimum absolute atomic E-state index is 0.144. The van der Waals surface area contributed by atoms with Crippen LogP contribution >= 0.6 is 27.5 Å². The van der Waals surface area contributed by atoms with Crippen molar-refractivity contribution >= 4 is 45.4 Å². The largest absolute Gasteiger partial charge is 0.422 e. The smallest absolute Gasteiger partial charge is 0.345 e. The van der Waals surface area contributed by atoms with E-state index in [4.69, 9.17) is 16.3 Å². The Morgan fingerprint density at radius 3 is 2.30 bits per heavy atom. The van der Waals surface area contributed by atoms with Crippen molar-refractivity contribution in [1.29, 1.82) is 0 Å². The van der Waals surface area contributed by atoms with Crippen molar-refractivity contribution in [3.05, 3.63) is 105 Å². The molecule has 5 heteroatoms. The summed E-state index contributed by atoms with van der Waals surface area (Å²) in [5.41, 5.74) is 1.47. The van der Waals surface area contributed by atoms with Crippen LogP contribution in [-0.4, -0.2) is 11.8 Å². The van der Waals surface area contributed by atoms with Gasteiger partial charge in [0.25, 0.3) is 0 Å². The van der Waals surface area contributed by atoms with Crippen molar-refractivity contribution in [1.82, 2.24) is 0 Å². The first-order valence-corrected chi connectivity index (χ1v) is 9.25. The van der Waals surface area contributed by atoms with Crippen LogP contribution in [0.5, 0.6) is 5.75 Å². The van der Waals surface area contributed by atoms with E-state index < -0.39 is 5.97 Å². The summed E-state index contributed by atoms with van der Waals surface area (Å²) in [5, 5.41) is 0.320. The molecular weight excluding hydrogens is 428 g/mol. The van der Waals surface area contributed by atoms with Gasteiger partial charge in [0.15, 0.2) is 5.78 Å². The van der Waals surface area contributed by atoms with Gasteiger partial charge >= 0.3 is 5.97 Å². The maximum Gasteiger partial charge on any atom is 0.345 e. The van der Waals surface area contributed by atoms with Gasteiger partial charge in [0, 0.05) is 15.6 Å². The molecule has 0 saturated heterocycles. The van der Waals surface area contributed by atoms with Crippen LogP contribution < -0.4 is 4.74 Å². The second-order valence-electron chi connectivity index (χ2n) is 5.61. The Labute approximate surface area is 170 Å². The second kappa shape index (κ2) is 8.80. The monoisotopic (exact) mass is 440 g/mol. The summed E-state index contributed by atoms with van der Waals surface area (Å²) in [6, 6.07) is 20.7. The van der Waals surface area contributed by atoms with E-state index in [9.17, 15) is 9.59 Å². The third-order valence-corrected chi connectivity index (χ3v) is 4.62. The fourth-order valence-electron chi connectivity index (χ4n) is 2.37. The van der Waals surface area contributed by atoms with E-state index >= 15 is 0 Å². The molecule has 0 aliphatic rings. The molecule has 0 heterocycles. The molecule has 0 aliphatic heterocycles. The molecule has 3 aromatic carbocycles. The normalized spacial score (nSPS) is 10.7. The molecule has 0 saturated carbocycles. The van der Waals surface area contributed by atoms with E-state index in [-0.39, 0.29) is 11.3 Å². The summed E-state index contributed by atoms with van der Waals surface area (Å²) < 4.78 is 6.38. The number of hydrogen-bond acceptors (Lipinski definition) is 3. The number of rotatable bonds is 5. The third-order valence-electron chi connectivity index (χ3n) is 3.76. The molecule has 0 N–H and O–H groups in total. The highest BCUT2D eigenvalue weighted by Gasteiger charge is 2.13. The van der Waals surface area contributed by atoms with Crippen LogP contribution in [0.15, 0.2) is 83.3 Å². The molecule has 0 spiro atoms. The van der Waals surface area contributed by atoms with Crippen LogP contribution in [0.4, 0.5) is 0 Å². The zero-order chi connectivity index (χ0) is 19.2. The highest BCUT2D eigenvalue weighted by Crippen LogP contribution is 2.23. The molecule has 0 fully saturated rings. The lowest BCUT2D eigenvalue weighted by molar-refractivity contribution is 0.0734. The number of halogens is 2. The first kappa shape index (κ1) is 19.1. The van der Waals surface area contributed by atoms with E-state index in [0.29, 0.717) is 21.9 Å². The standard InChI is InChI=1S/C22H14BrClO3/c23-17-12-9-15(10-13-17)20(25)14-11-16-5-1-4-8-21(16)27-22(26)18-6-2-3-7-19(18)24/h1-14H. The summed E-state index contributed by atoms with van der Waals surface area (Å²) in [6.45, 7) is 0. The van der Waals surface area contributed by atoms with Crippen LogP contribution in [0.2, 0.25) is 5.02 Å². The van der Waals surface area contributed by atoms with Gasteiger partial charge in [0.1, 0.15) is 5.75 Å². The molecule has 27 heavy (non-hydrogen) atoms. The molecule has 0 atom stereocenters. The molecule has 0 aliphatic carbocycles. The lowest BCUT2D eigenvalue weighted by Crippen LogP contribution is -2.09. The zero-order valence-electron chi connectivity index (χ0n) is 14.1. The molecule has 0 amide bonds. The predicted octanol–water partition coefficient (Wildman–Crippen LogP) is 6.22. The molecule has 0 aromatic heterocycles. The Hall–Kier alpha value is -2.69. The van der Waals surface area contributed by atoms with E-state index in [2.05, 4.69) is 15.9 Å². The average molecular weight is 442 g/mol. The summed E-state index contributed by atoms with van der Waals surface area (Å²) >= 11 is 9.38. The van der Waals surface area contributed by atoms with Crippen molar-refractivity contribution in [2.45, 2.75) is 0 Å². The number of benzene rings is 3. The molecule has 134 valence electrons. The quantitative estimate of drug-likeness (QED) is 0.204. The summed E-state index contributed by atoms with van der Waals surface area (Å²) in [6.07, 6.45) is 3.07. The number of ketones is 1. The topological polar surface area (TPSA) is 43.4 Å². The first-order chi connectivity index (χ1) is 13.0. The minimum Gasteiger partial charge on any atom is -0.422 e. The van der Waals surface area contributed by atoms with Gasteiger partial charge in [-0.3, -0.25) is 4.79 Å². The second-order valence-corrected chi connectivity index (χ2v) is 6.93. The van der Waals surface area contributed by atoms with Gasteiger partial charge in [0.2, 0.25) is 0 Å². The van der Waals surface area contributed by atoms with Gasteiger partial charge in [-0.1, -0.05) is 57.9 Å². The third kappa shape index (κ3) is 4.94. The van der Waals surface area contributed by atoms with E-state index in [0.717, 1.165) is 4.47 Å². The van der Waals surface area contributed by atoms with Gasteiger partial charge in [-0.2, -0.15) is 0 Å². The minimum atomic E-state index is -0.555. The fourth-order valence-corrected chi connectivity index (χ4v) is 2.85. The van der Waals surface area contributed by atoms with Crippen molar-refractivity contribution in [2.24, 2.45) is 0 Å². The van der Waals surface area contributed by atoms with Crippen LogP contribution in [-0.2, 0) is 0 Å². The SMILES string of the molecule is O=C(C=Cc1ccccc1OC(=O)c1ccccc1Cl)c1ccc(Br)cc1. The highest BCUT2D eigenvalue weighted by molar-refractivity contribution is 9.10. The van der Waals surface area contributed by atoms with E-state index in [1.54, 1.807) is 78.9 Å². The van der Waals surface area contributed by atoms with Gasteiger partial charge in [-0.05, 0) is 54.6 Å². The highest BCUT2D eigenvalue weighted by atomic mass is 79.9.